The van der Waals surface area contributed by atoms with Gasteiger partial charge in [0.1, 0.15) is 102 Å². The van der Waals surface area contributed by atoms with Crippen LogP contribution in [0.2, 0.25) is 0 Å². The Morgan fingerprint density at radius 3 is 1.25 bits per heavy atom. The lowest BCUT2D eigenvalue weighted by Gasteiger charge is -2.29. The molecule has 3 rings (SSSR count). The summed E-state index contributed by atoms with van der Waals surface area (Å²) in [5.74, 6) is -31.7. The van der Waals surface area contributed by atoms with Crippen LogP contribution in [0.25, 0.3) is 0 Å². The summed E-state index contributed by atoms with van der Waals surface area (Å²) in [7, 11) is 0. The number of hydrogen-bond donors (Lipinski definition) is 32. The SMILES string of the molecule is CC(C)C[C@H](NC(=O)[C@H](Cc1ccc(O)cc1)NC(=O)[C@H](CO)NC(=O)[C@H](CCC(=O)O)NC(=O)[C@H](CC(=O)O)NC(=O)[C@H](CO)NC(=O)[C@@H](NC(=O)[C@H](Cc1ccccc1)NC(=O)[C@@H](NC(=O)CNC(=O)[C@H](CCC(=O)O)NC(=O)C(C)(C)NC(=O)[C@@H](N)Cc1c[nH]cn1)[C@@H](C)O)[C@@H](C)O)C(=O)N[C@@H](CCC(=O)O)C(=O)NCC(=O)N[C@@H](CCC(N)=O)C(=O)N[C@@H](C)C(=O)N[C@@H](C)C(=O)N[C@@H](CCCCN)C(=O)O. The van der Waals surface area contributed by atoms with Gasteiger partial charge in [0.2, 0.25) is 112 Å². The Morgan fingerprint density at radius 1 is 0.393 bits per heavy atom. The summed E-state index contributed by atoms with van der Waals surface area (Å²) >= 11 is 0. The number of primary amides is 1. The number of H-pyrrole nitrogens is 1. The lowest BCUT2D eigenvalue weighted by Crippen LogP contribution is -2.63. The van der Waals surface area contributed by atoms with Crippen LogP contribution < -0.4 is 113 Å². The summed E-state index contributed by atoms with van der Waals surface area (Å²) in [4.78, 5) is 327. The van der Waals surface area contributed by atoms with Crippen molar-refractivity contribution < 1.29 is 166 Å². The molecule has 1 aromatic heterocycles. The lowest BCUT2D eigenvalue weighted by atomic mass is 10.00. The third-order valence-corrected chi connectivity index (χ3v) is 21.4. The molecule has 57 nitrogen and oxygen atoms in total. The number of carboxylic acid groups (broad SMARTS) is 5. The van der Waals surface area contributed by atoms with Crippen molar-refractivity contribution in [3.05, 3.63) is 83.9 Å². The van der Waals surface area contributed by atoms with Crippen LogP contribution in [0, 0.1) is 5.92 Å². The number of imidazole rings is 1. The molecule has 0 saturated heterocycles. The molecule has 0 bridgehead atoms. The van der Waals surface area contributed by atoms with Crippen molar-refractivity contribution in [2.75, 3.05) is 32.8 Å². The Hall–Kier alpha value is -15.5. The number of carbonyl (C=O) groups excluding carboxylic acids is 19. The van der Waals surface area contributed by atoms with Crippen LogP contribution in [0.4, 0.5) is 0 Å². The number of amides is 19. The van der Waals surface area contributed by atoms with Gasteiger partial charge in [0.05, 0.1) is 63.0 Å². The van der Waals surface area contributed by atoms with E-state index in [1.54, 1.807) is 19.9 Å². The Labute approximate surface area is 828 Å². The molecule has 0 unspecified atom stereocenters. The summed E-state index contributed by atoms with van der Waals surface area (Å²) in [6.45, 7) is 5.44. The minimum atomic E-state index is -2.36. The summed E-state index contributed by atoms with van der Waals surface area (Å²) < 4.78 is 0. The molecule has 0 aliphatic carbocycles. The zero-order valence-corrected chi connectivity index (χ0v) is 80.6. The van der Waals surface area contributed by atoms with Crippen molar-refractivity contribution in [2.45, 2.75) is 273 Å². The van der Waals surface area contributed by atoms with Gasteiger partial charge in [-0.05, 0) is 129 Å². The number of nitrogens with two attached hydrogens (primary N) is 3. The van der Waals surface area contributed by atoms with Crippen molar-refractivity contribution in [3.63, 3.8) is 0 Å². The van der Waals surface area contributed by atoms with E-state index in [1.165, 1.54) is 76.6 Å². The highest BCUT2D eigenvalue weighted by molar-refractivity contribution is 6.03. The number of nitrogens with one attached hydrogen (secondary N) is 19. The van der Waals surface area contributed by atoms with E-state index >= 15 is 0 Å². The molecule has 802 valence electrons. The maximum atomic E-state index is 14.6. The lowest BCUT2D eigenvalue weighted by molar-refractivity contribution is -0.142. The van der Waals surface area contributed by atoms with Gasteiger partial charge >= 0.3 is 29.8 Å². The van der Waals surface area contributed by atoms with Gasteiger partial charge in [-0.2, -0.15) is 0 Å². The number of hydrogen-bond acceptors (Lipinski definition) is 32. The standard InChI is InChI=1S/C88H131N23O34/c1-41(2)30-56(78(135)99-51(22-26-65(120)121)74(131)93-36-63(118)98-53(21-25-62(91)117)76(133)97-42(3)71(128)96-43(4)72(129)101-55(86(143)144)16-12-13-29-89)102-79(136)57(32-47-17-19-49(116)20-18-47)103-82(139)60(38-112)106-77(134)54(24-28-67(124)125)100-80(137)59(34-68(126)127)104-83(140)61(39-113)107-85(142)70(45(6)115)110-81(138)58(31-46-14-10-9-11-15-46)105-84(141)69(44(5)114)109-64(119)37-94-75(132)52(23-27-66(122)123)108-87(145)88(7,8)111-73(130)50(90)33-48-35-92-40-95-48/h9-11,14-15,17-20,35,40-45,50-61,69-70,112-116H,12-13,16,21-34,36-39,89-90H2,1-8H3,(H2,91,117)(H,92,95)(H,93,131)(H,94,132)(H,96,128)(H,97,133)(H,98,118)(H,99,135)(H,100,137)(H,101,129)(H,102,136)(H,103,139)(H,104,140)(H,105,141)(H,106,134)(H,107,142)(H,108,145)(H,109,119)(H,110,138)(H,111,130)(H,120,121)(H,122,123)(H,124,125)(H,126,127)(H,143,144)/t42-,43-,44+,45+,50-,51-,52-,53-,54-,55-,56-,57-,58-,59-,60-,61-,69-,70-/m0/s1. The third kappa shape index (κ3) is 46.0. The first-order chi connectivity index (χ1) is 68.0. The van der Waals surface area contributed by atoms with Crippen LogP contribution in [0.15, 0.2) is 67.1 Å². The van der Waals surface area contributed by atoms with E-state index in [-0.39, 0.29) is 37.1 Å². The van der Waals surface area contributed by atoms with E-state index in [9.17, 15) is 166 Å². The Morgan fingerprint density at radius 2 is 0.779 bits per heavy atom. The maximum absolute atomic E-state index is 14.6. The van der Waals surface area contributed by atoms with Crippen LogP contribution >= 0.6 is 0 Å². The second-order valence-electron chi connectivity index (χ2n) is 34.7. The predicted octanol–water partition coefficient (Wildman–Crippen LogP) is -11.7. The van der Waals surface area contributed by atoms with Crippen LogP contribution in [-0.4, -0.2) is 350 Å². The van der Waals surface area contributed by atoms with Crippen molar-refractivity contribution in [3.8, 4) is 5.75 Å². The number of aliphatic hydroxyl groups excluding tert-OH is 4. The highest BCUT2D eigenvalue weighted by Gasteiger charge is 2.42. The first kappa shape index (κ1) is 124. The Bertz CT molecular complexity index is 4990. The van der Waals surface area contributed by atoms with Crippen LogP contribution in [-0.2, 0) is 134 Å². The number of aromatic hydroxyl groups is 1. The number of carboxylic acids is 5. The van der Waals surface area contributed by atoms with Crippen molar-refractivity contribution in [2.24, 2.45) is 23.1 Å². The van der Waals surface area contributed by atoms with Crippen molar-refractivity contribution in [1.29, 1.82) is 0 Å². The normalized spacial score (nSPS) is 14.9. The molecule has 0 aliphatic rings. The zero-order valence-electron chi connectivity index (χ0n) is 80.6. The quantitative estimate of drug-likeness (QED) is 0.0233. The molecule has 145 heavy (non-hydrogen) atoms. The molecule has 0 spiro atoms. The predicted molar refractivity (Wildman–Crippen MR) is 500 cm³/mol. The Balaban J connectivity index is 1.86. The molecule has 57 heteroatoms. The smallest absolute Gasteiger partial charge is 0.326 e. The van der Waals surface area contributed by atoms with E-state index in [0.29, 0.717) is 24.1 Å². The van der Waals surface area contributed by atoms with Crippen LogP contribution in [0.5, 0.6) is 5.75 Å². The van der Waals surface area contributed by atoms with Crippen molar-refractivity contribution >= 4 is 142 Å². The largest absolute Gasteiger partial charge is 0.508 e. The molecule has 19 amide bonds. The second-order valence-corrected chi connectivity index (χ2v) is 34.7. The van der Waals surface area contributed by atoms with Gasteiger partial charge < -0.3 is 169 Å². The summed E-state index contributed by atoms with van der Waals surface area (Å²) in [6, 6.07) is -16.6. The number of aliphatic carboxylic acids is 5. The van der Waals surface area contributed by atoms with E-state index in [4.69, 9.17) is 17.2 Å². The summed E-state index contributed by atoms with van der Waals surface area (Å²) in [5.41, 5.74) is 15.9. The van der Waals surface area contributed by atoms with Gasteiger partial charge in [0.15, 0.2) is 0 Å². The second kappa shape index (κ2) is 62.0. The summed E-state index contributed by atoms with van der Waals surface area (Å²) in [6.07, 6.45) is -8.58. The molecule has 0 radical (unpaired) electrons. The minimum Gasteiger partial charge on any atom is -0.508 e. The molecule has 0 saturated carbocycles. The van der Waals surface area contributed by atoms with Gasteiger partial charge in [-0.3, -0.25) is 110 Å². The fourth-order valence-corrected chi connectivity index (χ4v) is 13.4. The third-order valence-electron chi connectivity index (χ3n) is 21.4. The number of carbonyl (C=O) groups is 24. The van der Waals surface area contributed by atoms with Crippen LogP contribution in [0.3, 0.4) is 0 Å². The van der Waals surface area contributed by atoms with E-state index < -0.39 is 359 Å². The number of aromatic nitrogens is 2. The van der Waals surface area contributed by atoms with Gasteiger partial charge in [-0.15, -0.1) is 0 Å². The number of phenols is 1. The summed E-state index contributed by atoms with van der Waals surface area (Å²) in [5, 5.41) is 142. The zero-order chi connectivity index (χ0) is 109. The molecular weight excluding hydrogens is 1920 g/mol. The Kier molecular flexibility index (Phi) is 52.9. The molecule has 2 aromatic carbocycles. The van der Waals surface area contributed by atoms with E-state index in [2.05, 4.69) is 89.7 Å². The molecule has 0 aliphatic heterocycles. The number of aliphatic hydroxyl groups is 4. The number of unbranched alkanes of at least 4 members (excludes halogenated alkanes) is 1. The van der Waals surface area contributed by atoms with Crippen molar-refractivity contribution in [1.82, 2.24) is 106 Å². The molecular formula is C88H131N23O34. The fourth-order valence-electron chi connectivity index (χ4n) is 13.4. The fraction of sp³-hybridized carbons (Fsp3) is 0.557. The topological polar surface area (TPSA) is 935 Å². The first-order valence-corrected chi connectivity index (χ1v) is 45.6. The molecule has 1 heterocycles. The van der Waals surface area contributed by atoms with E-state index in [1.807, 2.05) is 16.0 Å². The first-order valence-electron chi connectivity index (χ1n) is 45.6. The van der Waals surface area contributed by atoms with Gasteiger partial charge in [-0.25, -0.2) is 9.78 Å². The monoisotopic (exact) mass is 2050 g/mol. The molecule has 35 N–H and O–H groups in total. The number of rotatable bonds is 67. The van der Waals surface area contributed by atoms with Gasteiger partial charge in [0, 0.05) is 51.1 Å². The van der Waals surface area contributed by atoms with Crippen LogP contribution in [0.1, 0.15) is 156 Å². The average Bonchev–Trinajstić information content (AvgIpc) is 1.27. The van der Waals surface area contributed by atoms with Gasteiger partial charge in [-0.1, -0.05) is 56.3 Å². The number of aromatic amines is 1. The number of phenolic OH excluding ortho intramolecular Hbond substituents is 1. The molecule has 0 fully saturated rings. The van der Waals surface area contributed by atoms with Gasteiger partial charge in [0.25, 0.3) is 0 Å². The number of benzene rings is 2. The molecule has 18 atom stereocenters. The minimum absolute atomic E-state index is 0.0211. The maximum Gasteiger partial charge on any atom is 0.326 e. The molecule has 3 aromatic rings. The average molecular weight is 2060 g/mol. The highest BCUT2D eigenvalue weighted by atomic mass is 16.4. The highest BCUT2D eigenvalue weighted by Crippen LogP contribution is 2.17. The number of nitrogens with zero attached hydrogens (tertiary/aromatic N) is 1. The van der Waals surface area contributed by atoms with E-state index in [0.717, 1.165) is 26.0 Å².